The molecule has 0 amide bonds. The zero-order valence-electron chi connectivity index (χ0n) is 16.2. The second kappa shape index (κ2) is 11.0. The fourth-order valence-corrected chi connectivity index (χ4v) is 3.55. The minimum absolute atomic E-state index is 0.00620. The Kier molecular flexibility index (Phi) is 8.09. The molecule has 1 aliphatic rings. The number of hydrogen-bond donors (Lipinski definition) is 2. The number of nitrogens with one attached hydrogen (secondary N) is 2. The smallest absolute Gasteiger partial charge is 0.293 e. The van der Waals surface area contributed by atoms with Crippen molar-refractivity contribution in [3.63, 3.8) is 0 Å². The SMILES string of the molecule is O=[N+]([O-])c1cc(/C=N\NC(=S)Nc2ccc(SC(F)F)cc2)ccc1N1CCOCC1. The number of hydrogen-bond acceptors (Lipinski definition) is 7. The highest BCUT2D eigenvalue weighted by Gasteiger charge is 2.21. The van der Waals surface area contributed by atoms with Crippen LogP contribution in [0, 0.1) is 10.1 Å². The molecule has 2 aromatic carbocycles. The van der Waals surface area contributed by atoms with E-state index in [0.717, 1.165) is 0 Å². The van der Waals surface area contributed by atoms with Crippen molar-refractivity contribution in [3.05, 3.63) is 58.1 Å². The van der Waals surface area contributed by atoms with Crippen LogP contribution in [0.1, 0.15) is 5.56 Å². The maximum Gasteiger partial charge on any atom is 0.293 e. The molecule has 2 aromatic rings. The number of hydrazone groups is 1. The van der Waals surface area contributed by atoms with E-state index < -0.39 is 10.7 Å². The summed E-state index contributed by atoms with van der Waals surface area (Å²) >= 11 is 5.60. The quantitative estimate of drug-likeness (QED) is 0.207. The molecule has 0 aliphatic carbocycles. The Morgan fingerprint density at radius 1 is 1.26 bits per heavy atom. The Bertz CT molecular complexity index is 954. The van der Waals surface area contributed by atoms with E-state index in [0.29, 0.717) is 59.9 Å². The van der Waals surface area contributed by atoms with E-state index in [1.807, 2.05) is 4.90 Å². The van der Waals surface area contributed by atoms with Crippen LogP contribution in [0.5, 0.6) is 0 Å². The summed E-state index contributed by atoms with van der Waals surface area (Å²) in [6.45, 7) is 2.25. The Morgan fingerprint density at radius 3 is 2.61 bits per heavy atom. The molecule has 12 heteroatoms. The van der Waals surface area contributed by atoms with Crippen LogP contribution < -0.4 is 15.6 Å². The largest absolute Gasteiger partial charge is 0.378 e. The highest BCUT2D eigenvalue weighted by Crippen LogP contribution is 2.29. The molecule has 31 heavy (non-hydrogen) atoms. The van der Waals surface area contributed by atoms with Crippen molar-refractivity contribution in [1.82, 2.24) is 5.43 Å². The van der Waals surface area contributed by atoms with Crippen molar-refractivity contribution < 1.29 is 18.4 Å². The predicted octanol–water partition coefficient (Wildman–Crippen LogP) is 4.07. The molecule has 1 heterocycles. The fourth-order valence-electron chi connectivity index (χ4n) is 2.88. The summed E-state index contributed by atoms with van der Waals surface area (Å²) in [5.74, 6) is -2.48. The second-order valence-corrected chi connectivity index (χ2v) is 7.80. The summed E-state index contributed by atoms with van der Waals surface area (Å²) in [6.07, 6.45) is 1.42. The number of ether oxygens (including phenoxy) is 1. The third-order valence-corrected chi connectivity index (χ3v) is 5.18. The molecule has 1 saturated heterocycles. The van der Waals surface area contributed by atoms with Crippen LogP contribution >= 0.6 is 24.0 Å². The first kappa shape index (κ1) is 22.8. The van der Waals surface area contributed by atoms with E-state index in [4.69, 9.17) is 17.0 Å². The maximum absolute atomic E-state index is 12.4. The van der Waals surface area contributed by atoms with Gasteiger partial charge in [0, 0.05) is 35.3 Å². The van der Waals surface area contributed by atoms with Gasteiger partial charge in [-0.1, -0.05) is 17.8 Å². The van der Waals surface area contributed by atoms with Crippen LogP contribution in [0.4, 0.5) is 25.8 Å². The lowest BCUT2D eigenvalue weighted by Crippen LogP contribution is -2.36. The molecule has 0 bridgehead atoms. The van der Waals surface area contributed by atoms with Gasteiger partial charge in [0.2, 0.25) is 0 Å². The molecule has 1 fully saturated rings. The molecule has 0 spiro atoms. The van der Waals surface area contributed by atoms with Gasteiger partial charge in [0.1, 0.15) is 5.69 Å². The number of alkyl halides is 2. The number of nitrogens with zero attached hydrogens (tertiary/aromatic N) is 3. The van der Waals surface area contributed by atoms with Gasteiger partial charge in [-0.15, -0.1) is 0 Å². The van der Waals surface area contributed by atoms with Gasteiger partial charge in [0.25, 0.3) is 11.4 Å². The number of halogens is 2. The first-order valence-electron chi connectivity index (χ1n) is 9.18. The van der Waals surface area contributed by atoms with Gasteiger partial charge in [0.15, 0.2) is 5.11 Å². The monoisotopic (exact) mass is 467 g/mol. The van der Waals surface area contributed by atoms with Crippen LogP contribution in [0.2, 0.25) is 0 Å². The first-order chi connectivity index (χ1) is 14.9. The van der Waals surface area contributed by atoms with Gasteiger partial charge in [-0.3, -0.25) is 15.5 Å². The average molecular weight is 468 g/mol. The fraction of sp³-hybridized carbons (Fsp3) is 0.263. The number of nitro groups is 1. The van der Waals surface area contributed by atoms with Gasteiger partial charge in [-0.25, -0.2) is 0 Å². The molecular formula is C19H19F2N5O3S2. The van der Waals surface area contributed by atoms with E-state index >= 15 is 0 Å². The number of rotatable bonds is 7. The molecule has 164 valence electrons. The van der Waals surface area contributed by atoms with Crippen LogP contribution in [-0.4, -0.2) is 48.3 Å². The minimum Gasteiger partial charge on any atom is -0.378 e. The van der Waals surface area contributed by atoms with Gasteiger partial charge in [0.05, 0.1) is 24.4 Å². The lowest BCUT2D eigenvalue weighted by molar-refractivity contribution is -0.384. The third-order valence-electron chi connectivity index (χ3n) is 4.27. The molecule has 0 aromatic heterocycles. The molecule has 0 radical (unpaired) electrons. The van der Waals surface area contributed by atoms with E-state index in [-0.39, 0.29) is 10.8 Å². The lowest BCUT2D eigenvalue weighted by Gasteiger charge is -2.28. The van der Waals surface area contributed by atoms with Gasteiger partial charge < -0.3 is 15.0 Å². The molecule has 0 atom stereocenters. The summed E-state index contributed by atoms with van der Waals surface area (Å²) in [5, 5.41) is 18.6. The highest BCUT2D eigenvalue weighted by atomic mass is 32.2. The predicted molar refractivity (Wildman–Crippen MR) is 121 cm³/mol. The van der Waals surface area contributed by atoms with Gasteiger partial charge in [-0.05, 0) is 42.5 Å². The van der Waals surface area contributed by atoms with Crippen LogP contribution in [0.3, 0.4) is 0 Å². The minimum atomic E-state index is -2.48. The normalized spacial score (nSPS) is 14.1. The van der Waals surface area contributed by atoms with E-state index in [9.17, 15) is 18.9 Å². The molecule has 2 N–H and O–H groups in total. The zero-order chi connectivity index (χ0) is 22.2. The summed E-state index contributed by atoms with van der Waals surface area (Å²) in [5.41, 5.74) is 4.30. The van der Waals surface area contributed by atoms with Crippen LogP contribution in [0.15, 0.2) is 52.5 Å². The van der Waals surface area contributed by atoms with Crippen molar-refractivity contribution in [2.45, 2.75) is 10.7 Å². The average Bonchev–Trinajstić information content (AvgIpc) is 2.75. The Balaban J connectivity index is 1.59. The number of thioether (sulfide) groups is 1. The van der Waals surface area contributed by atoms with E-state index in [2.05, 4.69) is 15.8 Å². The molecule has 8 nitrogen and oxygen atoms in total. The maximum atomic E-state index is 12.4. The third kappa shape index (κ3) is 6.84. The molecule has 0 saturated carbocycles. The summed E-state index contributed by atoms with van der Waals surface area (Å²) < 4.78 is 30.0. The molecule has 0 unspecified atom stereocenters. The van der Waals surface area contributed by atoms with Crippen molar-refractivity contribution in [2.75, 3.05) is 36.5 Å². The molecule has 3 rings (SSSR count). The molecule has 1 aliphatic heterocycles. The van der Waals surface area contributed by atoms with E-state index in [1.54, 1.807) is 36.4 Å². The zero-order valence-corrected chi connectivity index (χ0v) is 17.8. The Labute approximate surface area is 186 Å². The van der Waals surface area contributed by atoms with Crippen molar-refractivity contribution in [1.29, 1.82) is 0 Å². The summed E-state index contributed by atoms with van der Waals surface area (Å²) in [6, 6.07) is 11.2. The number of morpholine rings is 1. The Morgan fingerprint density at radius 2 is 1.97 bits per heavy atom. The Hall–Kier alpha value is -2.83. The number of thiocarbonyl (C=S) groups is 1. The standard InChI is InChI=1S/C19H19F2N5O3S2/c20-18(21)31-15-4-2-14(3-5-15)23-19(30)24-22-12-13-1-6-16(17(11-13)26(27)28)25-7-9-29-10-8-25/h1-6,11-12,18H,7-10H2,(H2,23,24,30)/b22-12-. The number of anilines is 2. The summed E-state index contributed by atoms with van der Waals surface area (Å²) in [7, 11) is 0. The number of benzene rings is 2. The molecular weight excluding hydrogens is 448 g/mol. The summed E-state index contributed by atoms with van der Waals surface area (Å²) in [4.78, 5) is 13.4. The number of nitro benzene ring substituents is 1. The highest BCUT2D eigenvalue weighted by molar-refractivity contribution is 7.99. The second-order valence-electron chi connectivity index (χ2n) is 6.33. The van der Waals surface area contributed by atoms with Crippen molar-refractivity contribution >= 4 is 52.4 Å². The van der Waals surface area contributed by atoms with Gasteiger partial charge >= 0.3 is 0 Å². The van der Waals surface area contributed by atoms with Gasteiger partial charge in [-0.2, -0.15) is 13.9 Å². The first-order valence-corrected chi connectivity index (χ1v) is 10.5. The van der Waals surface area contributed by atoms with Crippen molar-refractivity contribution in [2.24, 2.45) is 5.10 Å². The van der Waals surface area contributed by atoms with Crippen LogP contribution in [0.25, 0.3) is 0 Å². The topological polar surface area (TPSA) is 92.0 Å². The van der Waals surface area contributed by atoms with Crippen molar-refractivity contribution in [3.8, 4) is 0 Å². The van der Waals surface area contributed by atoms with Crippen LogP contribution in [-0.2, 0) is 4.74 Å². The lowest BCUT2D eigenvalue weighted by atomic mass is 10.1. The van der Waals surface area contributed by atoms with E-state index in [1.165, 1.54) is 12.3 Å².